The highest BCUT2D eigenvalue weighted by Crippen LogP contribution is 2.36. The molecule has 1 N–H and O–H groups in total. The van der Waals surface area contributed by atoms with Gasteiger partial charge >= 0.3 is 5.97 Å². The van der Waals surface area contributed by atoms with Crippen molar-refractivity contribution in [1.29, 1.82) is 0 Å². The molecule has 1 aliphatic rings. The number of nitrogens with zero attached hydrogens (tertiary/aromatic N) is 2. The molecule has 1 aromatic heterocycles. The molecule has 0 saturated heterocycles. The number of fused-ring (bicyclic) bond motifs is 2. The Morgan fingerprint density at radius 2 is 2.14 bits per heavy atom. The lowest BCUT2D eigenvalue weighted by Gasteiger charge is -2.30. The number of aromatic carboxylic acids is 1. The molecule has 3 aromatic rings. The summed E-state index contributed by atoms with van der Waals surface area (Å²) in [5.41, 5.74) is 4.84. The van der Waals surface area contributed by atoms with Gasteiger partial charge in [0, 0.05) is 12.5 Å². The average molecular weight is 278 g/mol. The SMILES string of the molecule is O=C(O)c1ccc2ncn(CC3Cc4ccccc43)c2c1. The molecule has 1 atom stereocenters. The molecule has 0 bridgehead atoms. The Morgan fingerprint density at radius 1 is 1.29 bits per heavy atom. The van der Waals surface area contributed by atoms with Crippen LogP contribution < -0.4 is 0 Å². The van der Waals surface area contributed by atoms with E-state index < -0.39 is 5.97 Å². The number of carboxylic acid groups (broad SMARTS) is 1. The molecule has 1 aliphatic carbocycles. The van der Waals surface area contributed by atoms with Crippen LogP contribution in [0.4, 0.5) is 0 Å². The van der Waals surface area contributed by atoms with Crippen LogP contribution in [0, 0.1) is 0 Å². The Morgan fingerprint density at radius 3 is 2.95 bits per heavy atom. The molecule has 104 valence electrons. The molecule has 0 radical (unpaired) electrons. The third kappa shape index (κ3) is 1.91. The van der Waals surface area contributed by atoms with Crippen LogP contribution >= 0.6 is 0 Å². The minimum Gasteiger partial charge on any atom is -0.478 e. The normalized spacial score (nSPS) is 16.5. The molecule has 0 amide bonds. The molecule has 0 fully saturated rings. The van der Waals surface area contributed by atoms with E-state index in [0.717, 1.165) is 24.0 Å². The zero-order valence-electron chi connectivity index (χ0n) is 11.4. The predicted octanol–water partition coefficient (Wildman–Crippen LogP) is 3.07. The zero-order valence-corrected chi connectivity index (χ0v) is 11.4. The first-order chi connectivity index (χ1) is 10.2. The van der Waals surface area contributed by atoms with Crippen LogP contribution in [0.2, 0.25) is 0 Å². The van der Waals surface area contributed by atoms with E-state index in [1.165, 1.54) is 11.1 Å². The summed E-state index contributed by atoms with van der Waals surface area (Å²) in [4.78, 5) is 15.5. The number of imidazole rings is 1. The van der Waals surface area contributed by atoms with Crippen molar-refractivity contribution in [2.75, 3.05) is 0 Å². The Hall–Kier alpha value is -2.62. The molecular weight excluding hydrogens is 264 g/mol. The van der Waals surface area contributed by atoms with Crippen LogP contribution in [-0.4, -0.2) is 20.6 Å². The third-order valence-corrected chi connectivity index (χ3v) is 4.25. The molecule has 4 nitrogen and oxygen atoms in total. The van der Waals surface area contributed by atoms with E-state index in [9.17, 15) is 4.79 Å². The maximum Gasteiger partial charge on any atom is 0.335 e. The molecule has 4 rings (SSSR count). The van der Waals surface area contributed by atoms with E-state index in [-0.39, 0.29) is 0 Å². The molecule has 1 unspecified atom stereocenters. The minimum atomic E-state index is -0.904. The van der Waals surface area contributed by atoms with Crippen molar-refractivity contribution in [3.63, 3.8) is 0 Å². The Balaban J connectivity index is 1.68. The third-order valence-electron chi connectivity index (χ3n) is 4.25. The number of hydrogen-bond acceptors (Lipinski definition) is 2. The van der Waals surface area contributed by atoms with Gasteiger partial charge in [0.2, 0.25) is 0 Å². The number of rotatable bonds is 3. The van der Waals surface area contributed by atoms with E-state index in [2.05, 4.69) is 33.8 Å². The molecule has 0 spiro atoms. The fourth-order valence-corrected chi connectivity index (χ4v) is 3.10. The Bertz CT molecular complexity index is 851. The van der Waals surface area contributed by atoms with Crippen molar-refractivity contribution in [3.05, 3.63) is 65.5 Å². The van der Waals surface area contributed by atoms with Crippen LogP contribution in [-0.2, 0) is 13.0 Å². The topological polar surface area (TPSA) is 55.1 Å². The summed E-state index contributed by atoms with van der Waals surface area (Å²) in [6.45, 7) is 0.844. The smallest absolute Gasteiger partial charge is 0.335 e. The van der Waals surface area contributed by atoms with Crippen LogP contribution in [0.3, 0.4) is 0 Å². The zero-order chi connectivity index (χ0) is 14.4. The van der Waals surface area contributed by atoms with Gasteiger partial charge in [-0.2, -0.15) is 0 Å². The van der Waals surface area contributed by atoms with Gasteiger partial charge in [-0.25, -0.2) is 9.78 Å². The first-order valence-electron chi connectivity index (χ1n) is 6.98. The maximum atomic E-state index is 11.1. The van der Waals surface area contributed by atoms with Crippen LogP contribution in [0.5, 0.6) is 0 Å². The highest BCUT2D eigenvalue weighted by atomic mass is 16.4. The summed E-state index contributed by atoms with van der Waals surface area (Å²) in [5, 5.41) is 9.11. The molecule has 4 heteroatoms. The van der Waals surface area contributed by atoms with E-state index >= 15 is 0 Å². The summed E-state index contributed by atoms with van der Waals surface area (Å²) in [5.74, 6) is -0.411. The van der Waals surface area contributed by atoms with E-state index in [0.29, 0.717) is 11.5 Å². The minimum absolute atomic E-state index is 0.304. The number of hydrogen-bond donors (Lipinski definition) is 1. The Labute approximate surface area is 121 Å². The van der Waals surface area contributed by atoms with E-state index in [1.54, 1.807) is 24.5 Å². The van der Waals surface area contributed by atoms with Gasteiger partial charge in [-0.3, -0.25) is 0 Å². The first kappa shape index (κ1) is 12.1. The molecule has 21 heavy (non-hydrogen) atoms. The quantitative estimate of drug-likeness (QED) is 0.801. The van der Waals surface area contributed by atoms with Crippen molar-refractivity contribution in [2.24, 2.45) is 0 Å². The number of benzene rings is 2. The van der Waals surface area contributed by atoms with Crippen molar-refractivity contribution < 1.29 is 9.90 Å². The molecule has 1 heterocycles. The van der Waals surface area contributed by atoms with Gasteiger partial charge in [0.05, 0.1) is 22.9 Å². The molecule has 0 aliphatic heterocycles. The van der Waals surface area contributed by atoms with Crippen molar-refractivity contribution in [1.82, 2.24) is 9.55 Å². The first-order valence-corrected chi connectivity index (χ1v) is 6.98. The van der Waals surface area contributed by atoms with Crippen molar-refractivity contribution >= 4 is 17.0 Å². The molecule has 0 saturated carbocycles. The lowest BCUT2D eigenvalue weighted by Crippen LogP contribution is -2.21. The van der Waals surface area contributed by atoms with Crippen LogP contribution in [0.1, 0.15) is 27.4 Å². The molecule has 2 aromatic carbocycles. The second-order valence-corrected chi connectivity index (χ2v) is 5.51. The highest BCUT2D eigenvalue weighted by molar-refractivity contribution is 5.92. The van der Waals surface area contributed by atoms with E-state index in [4.69, 9.17) is 5.11 Å². The van der Waals surface area contributed by atoms with E-state index in [1.807, 2.05) is 0 Å². The highest BCUT2D eigenvalue weighted by Gasteiger charge is 2.26. The Kier molecular flexibility index (Phi) is 2.57. The largest absolute Gasteiger partial charge is 0.478 e. The summed E-state index contributed by atoms with van der Waals surface area (Å²) in [6.07, 6.45) is 2.88. The van der Waals surface area contributed by atoms with Gasteiger partial charge in [0.1, 0.15) is 0 Å². The summed E-state index contributed by atoms with van der Waals surface area (Å²) < 4.78 is 2.06. The summed E-state index contributed by atoms with van der Waals surface area (Å²) in [6, 6.07) is 13.5. The fourth-order valence-electron chi connectivity index (χ4n) is 3.10. The monoisotopic (exact) mass is 278 g/mol. The predicted molar refractivity (Wildman–Crippen MR) is 79.6 cm³/mol. The van der Waals surface area contributed by atoms with Gasteiger partial charge in [-0.1, -0.05) is 24.3 Å². The van der Waals surface area contributed by atoms with Gasteiger partial charge in [0.15, 0.2) is 0 Å². The van der Waals surface area contributed by atoms with Gasteiger partial charge < -0.3 is 9.67 Å². The van der Waals surface area contributed by atoms with Crippen LogP contribution in [0.25, 0.3) is 11.0 Å². The maximum absolute atomic E-state index is 11.1. The number of aromatic nitrogens is 2. The standard InChI is InChI=1S/C17H14N2O2/c20-17(21)12-5-6-15-16(8-12)19(10-18-15)9-13-7-11-3-1-2-4-14(11)13/h1-6,8,10,13H,7,9H2,(H,20,21). The lowest BCUT2D eigenvalue weighted by molar-refractivity contribution is 0.0697. The van der Waals surface area contributed by atoms with Crippen molar-refractivity contribution in [3.8, 4) is 0 Å². The molecular formula is C17H14N2O2. The van der Waals surface area contributed by atoms with Gasteiger partial charge in [-0.05, 0) is 35.7 Å². The summed E-state index contributed by atoms with van der Waals surface area (Å²) >= 11 is 0. The number of carbonyl (C=O) groups is 1. The second-order valence-electron chi connectivity index (χ2n) is 5.51. The van der Waals surface area contributed by atoms with Gasteiger partial charge in [-0.15, -0.1) is 0 Å². The number of carboxylic acids is 1. The van der Waals surface area contributed by atoms with Crippen molar-refractivity contribution in [2.45, 2.75) is 18.9 Å². The van der Waals surface area contributed by atoms with Gasteiger partial charge in [0.25, 0.3) is 0 Å². The fraction of sp³-hybridized carbons (Fsp3) is 0.176. The van der Waals surface area contributed by atoms with Crippen LogP contribution in [0.15, 0.2) is 48.8 Å². The summed E-state index contributed by atoms with van der Waals surface area (Å²) in [7, 11) is 0. The lowest BCUT2D eigenvalue weighted by atomic mass is 9.77. The second kappa shape index (κ2) is 4.45. The average Bonchev–Trinajstić information content (AvgIpc) is 2.87.